The lowest BCUT2D eigenvalue weighted by Gasteiger charge is -2.27. The minimum absolute atomic E-state index is 0.464. The lowest BCUT2D eigenvalue weighted by molar-refractivity contribution is 0.116. The number of halogens is 1. The molecule has 20 heavy (non-hydrogen) atoms. The van der Waals surface area contributed by atoms with E-state index in [0.717, 1.165) is 5.56 Å². The van der Waals surface area contributed by atoms with Crippen LogP contribution in [0.25, 0.3) is 0 Å². The topological polar surface area (TPSA) is 48.9 Å². The molecule has 2 aromatic carbocycles. The number of hydrogen-bond acceptors (Lipinski definition) is 2. The van der Waals surface area contributed by atoms with Crippen molar-refractivity contribution in [2.45, 2.75) is 5.60 Å². The van der Waals surface area contributed by atoms with Crippen molar-refractivity contribution in [2.75, 3.05) is 0 Å². The molecule has 0 saturated heterocycles. The third kappa shape index (κ3) is 2.11. The van der Waals surface area contributed by atoms with E-state index >= 15 is 0 Å². The average molecular weight is 285 g/mol. The van der Waals surface area contributed by atoms with Gasteiger partial charge < -0.3 is 10.1 Å². The summed E-state index contributed by atoms with van der Waals surface area (Å²) < 4.78 is 0. The van der Waals surface area contributed by atoms with Crippen LogP contribution in [0, 0.1) is 0 Å². The van der Waals surface area contributed by atoms with E-state index in [1.165, 1.54) is 0 Å². The molecular formula is C16H13ClN2O. The smallest absolute Gasteiger partial charge is 0.173 e. The molecule has 0 aliphatic heterocycles. The molecule has 1 atom stereocenters. The number of imidazole rings is 1. The largest absolute Gasteiger partial charge is 0.373 e. The summed E-state index contributed by atoms with van der Waals surface area (Å²) in [6, 6.07) is 16.6. The SMILES string of the molecule is OC(c1ccccc1)(c1cccc(Cl)c1)c1ncc[nH]1. The number of rotatable bonds is 3. The standard InChI is InChI=1S/C16H13ClN2O/c17-14-8-4-7-13(11-14)16(20,15-18-9-10-19-15)12-5-2-1-3-6-12/h1-11,20H,(H,18,19). The number of hydrogen-bond donors (Lipinski definition) is 2. The molecule has 0 aliphatic carbocycles. The molecule has 0 amide bonds. The monoisotopic (exact) mass is 284 g/mol. The van der Waals surface area contributed by atoms with Crippen molar-refractivity contribution in [3.05, 3.63) is 89.0 Å². The van der Waals surface area contributed by atoms with Crippen molar-refractivity contribution in [3.63, 3.8) is 0 Å². The normalized spacial score (nSPS) is 13.9. The molecular weight excluding hydrogens is 272 g/mol. The molecule has 1 aromatic heterocycles. The van der Waals surface area contributed by atoms with Gasteiger partial charge in [0.05, 0.1) is 0 Å². The van der Waals surface area contributed by atoms with Crippen LogP contribution in [0.4, 0.5) is 0 Å². The van der Waals surface area contributed by atoms with Crippen molar-refractivity contribution < 1.29 is 5.11 Å². The van der Waals surface area contributed by atoms with Gasteiger partial charge in [-0.05, 0) is 23.3 Å². The number of aliphatic hydroxyl groups is 1. The maximum absolute atomic E-state index is 11.3. The van der Waals surface area contributed by atoms with Crippen LogP contribution in [0.15, 0.2) is 67.0 Å². The molecule has 4 heteroatoms. The molecule has 1 unspecified atom stereocenters. The molecule has 1 heterocycles. The van der Waals surface area contributed by atoms with Gasteiger partial charge in [-0.15, -0.1) is 0 Å². The predicted octanol–water partition coefficient (Wildman–Crippen LogP) is 3.35. The van der Waals surface area contributed by atoms with Gasteiger partial charge in [-0.3, -0.25) is 0 Å². The van der Waals surface area contributed by atoms with Crippen LogP contribution in [0.3, 0.4) is 0 Å². The Morgan fingerprint density at radius 2 is 1.75 bits per heavy atom. The van der Waals surface area contributed by atoms with Crippen LogP contribution < -0.4 is 0 Å². The van der Waals surface area contributed by atoms with Gasteiger partial charge in [0, 0.05) is 17.4 Å². The summed E-state index contributed by atoms with van der Waals surface area (Å²) in [4.78, 5) is 7.21. The van der Waals surface area contributed by atoms with Crippen LogP contribution in [0.2, 0.25) is 5.02 Å². The fourth-order valence-corrected chi connectivity index (χ4v) is 2.49. The molecule has 0 saturated carbocycles. The molecule has 0 aliphatic rings. The number of nitrogens with one attached hydrogen (secondary N) is 1. The van der Waals surface area contributed by atoms with Crippen LogP contribution in [0.5, 0.6) is 0 Å². The molecule has 0 radical (unpaired) electrons. The Morgan fingerprint density at radius 3 is 2.40 bits per heavy atom. The second kappa shape index (κ2) is 5.12. The number of nitrogens with zero attached hydrogens (tertiary/aromatic N) is 1. The fraction of sp³-hybridized carbons (Fsp3) is 0.0625. The second-order valence-corrected chi connectivity index (χ2v) is 4.96. The van der Waals surface area contributed by atoms with E-state index < -0.39 is 5.60 Å². The van der Waals surface area contributed by atoms with Gasteiger partial charge in [-0.25, -0.2) is 4.98 Å². The maximum Gasteiger partial charge on any atom is 0.173 e. The molecule has 0 bridgehead atoms. The number of aromatic amines is 1. The predicted molar refractivity (Wildman–Crippen MR) is 78.6 cm³/mol. The van der Waals surface area contributed by atoms with E-state index in [9.17, 15) is 5.11 Å². The summed E-state index contributed by atoms with van der Waals surface area (Å²) in [6.07, 6.45) is 3.31. The fourth-order valence-electron chi connectivity index (χ4n) is 2.30. The van der Waals surface area contributed by atoms with E-state index in [4.69, 9.17) is 11.6 Å². The zero-order valence-corrected chi connectivity index (χ0v) is 11.4. The Bertz CT molecular complexity index is 698. The van der Waals surface area contributed by atoms with Gasteiger partial charge in [0.1, 0.15) is 5.82 Å². The van der Waals surface area contributed by atoms with Crippen molar-refractivity contribution in [3.8, 4) is 0 Å². The molecule has 100 valence electrons. The van der Waals surface area contributed by atoms with Crippen molar-refractivity contribution in [2.24, 2.45) is 0 Å². The van der Waals surface area contributed by atoms with Gasteiger partial charge >= 0.3 is 0 Å². The summed E-state index contributed by atoms with van der Waals surface area (Å²) in [5.41, 5.74) is 0.0544. The number of benzene rings is 2. The van der Waals surface area contributed by atoms with E-state index in [1.807, 2.05) is 42.5 Å². The highest BCUT2D eigenvalue weighted by Gasteiger charge is 2.36. The van der Waals surface area contributed by atoms with E-state index in [-0.39, 0.29) is 0 Å². The third-order valence-electron chi connectivity index (χ3n) is 3.27. The van der Waals surface area contributed by atoms with Gasteiger partial charge in [-0.2, -0.15) is 0 Å². The summed E-state index contributed by atoms with van der Waals surface area (Å²) >= 11 is 6.06. The minimum atomic E-state index is -1.35. The Hall–Kier alpha value is -2.10. The Balaban J connectivity index is 2.24. The first-order valence-electron chi connectivity index (χ1n) is 6.25. The van der Waals surface area contributed by atoms with Crippen LogP contribution in [-0.2, 0) is 5.60 Å². The summed E-state index contributed by atoms with van der Waals surface area (Å²) in [6.45, 7) is 0. The first-order chi connectivity index (χ1) is 9.71. The average Bonchev–Trinajstić information content (AvgIpc) is 3.02. The zero-order chi connectivity index (χ0) is 14.0. The van der Waals surface area contributed by atoms with Crippen molar-refractivity contribution in [1.82, 2.24) is 9.97 Å². The zero-order valence-electron chi connectivity index (χ0n) is 10.6. The summed E-state index contributed by atoms with van der Waals surface area (Å²) in [5.74, 6) is 0.464. The quantitative estimate of drug-likeness (QED) is 0.775. The lowest BCUT2D eigenvalue weighted by Crippen LogP contribution is -2.30. The van der Waals surface area contributed by atoms with E-state index in [1.54, 1.807) is 24.5 Å². The van der Waals surface area contributed by atoms with Gasteiger partial charge in [0.25, 0.3) is 0 Å². The third-order valence-corrected chi connectivity index (χ3v) is 3.51. The molecule has 2 N–H and O–H groups in total. The first kappa shape index (κ1) is 12.9. The van der Waals surface area contributed by atoms with Crippen molar-refractivity contribution in [1.29, 1.82) is 0 Å². The Morgan fingerprint density at radius 1 is 1.00 bits per heavy atom. The van der Waals surface area contributed by atoms with E-state index in [2.05, 4.69) is 9.97 Å². The minimum Gasteiger partial charge on any atom is -0.373 e. The van der Waals surface area contributed by atoms with Crippen LogP contribution >= 0.6 is 11.6 Å². The summed E-state index contributed by atoms with van der Waals surface area (Å²) in [5, 5.41) is 11.9. The molecule has 0 fully saturated rings. The molecule has 3 rings (SSSR count). The number of H-pyrrole nitrogens is 1. The highest BCUT2D eigenvalue weighted by Crippen LogP contribution is 2.35. The summed E-state index contributed by atoms with van der Waals surface area (Å²) in [7, 11) is 0. The Kier molecular flexibility index (Phi) is 3.30. The van der Waals surface area contributed by atoms with Crippen molar-refractivity contribution >= 4 is 11.6 Å². The molecule has 3 nitrogen and oxygen atoms in total. The lowest BCUT2D eigenvalue weighted by atomic mass is 9.85. The Labute approximate surface area is 121 Å². The van der Waals surface area contributed by atoms with Gasteiger partial charge in [0.15, 0.2) is 5.60 Å². The van der Waals surface area contributed by atoms with E-state index in [0.29, 0.717) is 16.4 Å². The van der Waals surface area contributed by atoms with Gasteiger partial charge in [-0.1, -0.05) is 54.1 Å². The highest BCUT2D eigenvalue weighted by molar-refractivity contribution is 6.30. The van der Waals surface area contributed by atoms with Crippen LogP contribution in [0.1, 0.15) is 17.0 Å². The molecule has 0 spiro atoms. The van der Waals surface area contributed by atoms with Crippen LogP contribution in [-0.4, -0.2) is 15.1 Å². The second-order valence-electron chi connectivity index (χ2n) is 4.52. The molecule has 3 aromatic rings. The number of aromatic nitrogens is 2. The first-order valence-corrected chi connectivity index (χ1v) is 6.63. The maximum atomic E-state index is 11.3. The highest BCUT2D eigenvalue weighted by atomic mass is 35.5. The van der Waals surface area contributed by atoms with Gasteiger partial charge in [0.2, 0.25) is 0 Å².